The van der Waals surface area contributed by atoms with Crippen LogP contribution >= 0.6 is 0 Å². The topological polar surface area (TPSA) is 21.3 Å². The summed E-state index contributed by atoms with van der Waals surface area (Å²) in [6.45, 7) is 12.0. The molecule has 10 aromatic rings. The van der Waals surface area contributed by atoms with Crippen LogP contribution in [0.2, 0.25) is 0 Å². The van der Waals surface area contributed by atoms with Gasteiger partial charge in [-0.1, -0.05) is 162 Å². The summed E-state index contributed by atoms with van der Waals surface area (Å²) in [7, 11) is 0. The first kappa shape index (κ1) is 35.6. The molecule has 2 aromatic heterocycles. The number of anilines is 3. The van der Waals surface area contributed by atoms with Crippen LogP contribution in [0.4, 0.5) is 17.1 Å². The second-order valence-electron chi connectivity index (χ2n) is 19.2. The molecule has 0 N–H and O–H groups in total. The number of nitrogens with zero attached hydrogens (tertiary/aromatic N) is 2. The van der Waals surface area contributed by atoms with E-state index in [-0.39, 0.29) is 22.2 Å². The lowest BCUT2D eigenvalue weighted by Crippen LogP contribution is -2.41. The van der Waals surface area contributed by atoms with Gasteiger partial charge in [-0.15, -0.1) is 0 Å². The Morgan fingerprint density at radius 3 is 2.10 bits per heavy atom. The van der Waals surface area contributed by atoms with E-state index >= 15 is 0 Å². The molecule has 2 atom stereocenters. The largest absolute Gasteiger partial charge is 0.456 e. The number of hydrogen-bond acceptors (Lipinski definition) is 2. The second-order valence-corrected chi connectivity index (χ2v) is 19.2. The summed E-state index contributed by atoms with van der Waals surface area (Å²) >= 11 is 0. The summed E-state index contributed by atoms with van der Waals surface area (Å²) in [5, 5.41) is 8.59. The monoisotopic (exact) mass is 798 g/mol. The molecule has 3 nitrogen and oxygen atoms in total. The molecule has 62 heavy (non-hydrogen) atoms. The van der Waals surface area contributed by atoms with Gasteiger partial charge < -0.3 is 13.9 Å². The van der Waals surface area contributed by atoms with Gasteiger partial charge in [0.05, 0.1) is 22.3 Å². The summed E-state index contributed by atoms with van der Waals surface area (Å²) in [6.07, 6.45) is 4.97. The Morgan fingerprint density at radius 2 is 1.26 bits per heavy atom. The third kappa shape index (κ3) is 4.61. The predicted molar refractivity (Wildman–Crippen MR) is 259 cm³/mol. The SMILES string of the molecule is CC1(C)c2ccc3ccccc3c2-c2c1c1ccc(N(c3ccc4ccccc4c3)c3cccc4oc5c(c34)=CC3C(C)(C)c4ccccc4C3(C)C=5)cc1n2-c1ccccc1. The Kier molecular flexibility index (Phi) is 7.05. The van der Waals surface area contributed by atoms with E-state index in [2.05, 4.69) is 226 Å². The molecular formula is C59H46N2O. The zero-order valence-electron chi connectivity index (χ0n) is 35.7. The van der Waals surface area contributed by atoms with E-state index in [1.807, 2.05) is 0 Å². The highest BCUT2D eigenvalue weighted by Gasteiger charge is 2.52. The van der Waals surface area contributed by atoms with Crippen molar-refractivity contribution in [3.05, 3.63) is 203 Å². The van der Waals surface area contributed by atoms with Gasteiger partial charge in [-0.2, -0.15) is 0 Å². The minimum Gasteiger partial charge on any atom is -0.456 e. The first-order valence-corrected chi connectivity index (χ1v) is 22.1. The molecule has 2 unspecified atom stereocenters. The third-order valence-electron chi connectivity index (χ3n) is 15.1. The molecule has 0 bridgehead atoms. The van der Waals surface area contributed by atoms with Crippen molar-refractivity contribution < 1.29 is 4.42 Å². The summed E-state index contributed by atoms with van der Waals surface area (Å²) in [6, 6.07) is 62.8. The average molecular weight is 799 g/mol. The molecule has 298 valence electrons. The van der Waals surface area contributed by atoms with Crippen molar-refractivity contribution >= 4 is 72.6 Å². The molecule has 0 fully saturated rings. The molecule has 0 amide bonds. The lowest BCUT2D eigenvalue weighted by molar-refractivity contribution is 0.353. The second kappa shape index (κ2) is 12.3. The van der Waals surface area contributed by atoms with Gasteiger partial charge in [0.2, 0.25) is 0 Å². The van der Waals surface area contributed by atoms with Crippen molar-refractivity contribution in [3.63, 3.8) is 0 Å². The number of aromatic nitrogens is 1. The van der Waals surface area contributed by atoms with Gasteiger partial charge in [0.1, 0.15) is 11.0 Å². The van der Waals surface area contributed by atoms with E-state index in [0.29, 0.717) is 0 Å². The van der Waals surface area contributed by atoms with Crippen molar-refractivity contribution in [3.8, 4) is 16.9 Å². The zero-order valence-corrected chi connectivity index (χ0v) is 35.7. The minimum atomic E-state index is -0.206. The van der Waals surface area contributed by atoms with Crippen molar-refractivity contribution in [2.45, 2.75) is 50.9 Å². The number of fused-ring (bicyclic) bond motifs is 14. The van der Waals surface area contributed by atoms with Gasteiger partial charge in [-0.05, 0) is 104 Å². The number of furan rings is 1. The van der Waals surface area contributed by atoms with Crippen LogP contribution in [0, 0.1) is 5.92 Å². The van der Waals surface area contributed by atoms with Crippen LogP contribution in [0.25, 0.3) is 72.5 Å². The Morgan fingerprint density at radius 1 is 0.565 bits per heavy atom. The summed E-state index contributed by atoms with van der Waals surface area (Å²) < 4.78 is 9.48. The molecule has 3 aliphatic rings. The Hall–Kier alpha value is -7.10. The van der Waals surface area contributed by atoms with Crippen LogP contribution in [0.5, 0.6) is 0 Å². The molecule has 0 saturated heterocycles. The predicted octanol–water partition coefficient (Wildman–Crippen LogP) is 13.9. The molecule has 2 heterocycles. The highest BCUT2D eigenvalue weighted by Crippen LogP contribution is 2.58. The average Bonchev–Trinajstić information content (AvgIpc) is 3.95. The van der Waals surface area contributed by atoms with Crippen molar-refractivity contribution in [2.75, 3.05) is 4.90 Å². The van der Waals surface area contributed by atoms with Crippen molar-refractivity contribution in [1.82, 2.24) is 4.57 Å². The standard InChI is InChI=1S/C59H46N2O/c1-57(2)45-22-13-14-23-46(45)59(5)35-51-44(34-52(57)59)54-48(24-15-25-50(54)62-51)60(40-28-26-36-16-9-10-18-38(36)32-40)41-29-30-43-49(33-41)61(39-19-7-6-8-20-39)56-53-42-21-12-11-17-37(42)27-31-47(53)58(3,4)55(43)56/h6-35,52H,1-5H3. The van der Waals surface area contributed by atoms with E-state index in [1.54, 1.807) is 0 Å². The van der Waals surface area contributed by atoms with E-state index in [1.165, 1.54) is 71.2 Å². The normalized spacial score (nSPS) is 18.8. The molecule has 0 spiro atoms. The fourth-order valence-corrected chi connectivity index (χ4v) is 12.3. The zero-order chi connectivity index (χ0) is 41.7. The maximum Gasteiger partial charge on any atom is 0.137 e. The molecule has 3 aliphatic carbocycles. The first-order chi connectivity index (χ1) is 30.1. The number of para-hydroxylation sites is 1. The van der Waals surface area contributed by atoms with Gasteiger partial charge in [0.15, 0.2) is 0 Å². The van der Waals surface area contributed by atoms with Gasteiger partial charge in [-0.3, -0.25) is 0 Å². The van der Waals surface area contributed by atoms with Gasteiger partial charge in [0.25, 0.3) is 0 Å². The van der Waals surface area contributed by atoms with Crippen LogP contribution in [0.1, 0.15) is 56.9 Å². The van der Waals surface area contributed by atoms with Crippen LogP contribution in [-0.2, 0) is 16.2 Å². The Labute approximate surface area is 361 Å². The van der Waals surface area contributed by atoms with Crippen LogP contribution in [-0.4, -0.2) is 4.57 Å². The van der Waals surface area contributed by atoms with E-state index in [4.69, 9.17) is 4.42 Å². The smallest absolute Gasteiger partial charge is 0.137 e. The molecule has 3 heteroatoms. The number of hydrogen-bond donors (Lipinski definition) is 0. The van der Waals surface area contributed by atoms with Gasteiger partial charge >= 0.3 is 0 Å². The molecule has 0 saturated carbocycles. The molecule has 8 aromatic carbocycles. The highest BCUT2D eigenvalue weighted by atomic mass is 16.3. The van der Waals surface area contributed by atoms with Gasteiger partial charge in [-0.25, -0.2) is 0 Å². The van der Waals surface area contributed by atoms with Crippen molar-refractivity contribution in [2.24, 2.45) is 5.92 Å². The minimum absolute atomic E-state index is 0.0535. The maximum atomic E-state index is 6.94. The quantitative estimate of drug-likeness (QED) is 0.177. The summed E-state index contributed by atoms with van der Waals surface area (Å²) in [5.41, 5.74) is 15.3. The maximum absolute atomic E-state index is 6.94. The van der Waals surface area contributed by atoms with Gasteiger partial charge in [0, 0.05) is 50.0 Å². The number of rotatable bonds is 4. The Bertz CT molecular complexity index is 3680. The van der Waals surface area contributed by atoms with Crippen LogP contribution in [0.15, 0.2) is 174 Å². The number of benzene rings is 8. The lowest BCUT2D eigenvalue weighted by atomic mass is 9.67. The fourth-order valence-electron chi connectivity index (χ4n) is 12.3. The fraction of sp³-hybridized carbons (Fsp3) is 0.153. The van der Waals surface area contributed by atoms with E-state index in [0.717, 1.165) is 39.1 Å². The van der Waals surface area contributed by atoms with E-state index < -0.39 is 0 Å². The Balaban J connectivity index is 1.11. The summed E-state index contributed by atoms with van der Waals surface area (Å²) in [4.78, 5) is 2.47. The van der Waals surface area contributed by atoms with Crippen LogP contribution in [0.3, 0.4) is 0 Å². The van der Waals surface area contributed by atoms with E-state index in [9.17, 15) is 0 Å². The van der Waals surface area contributed by atoms with Crippen molar-refractivity contribution in [1.29, 1.82) is 0 Å². The third-order valence-corrected chi connectivity index (χ3v) is 15.1. The summed E-state index contributed by atoms with van der Waals surface area (Å²) in [5.74, 6) is 0.262. The first-order valence-electron chi connectivity index (χ1n) is 22.1. The molecule has 13 rings (SSSR count). The lowest BCUT2D eigenvalue weighted by Gasteiger charge is -2.35. The highest BCUT2D eigenvalue weighted by molar-refractivity contribution is 6.09. The molecule has 0 aliphatic heterocycles. The molecule has 0 radical (unpaired) electrons. The molecular weight excluding hydrogens is 753 g/mol. The van der Waals surface area contributed by atoms with Crippen LogP contribution < -0.4 is 15.5 Å².